The first-order valence-electron chi connectivity index (χ1n) is 8.43. The normalized spacial score (nSPS) is 11.5. The van der Waals surface area contributed by atoms with Crippen molar-refractivity contribution in [1.29, 1.82) is 0 Å². The van der Waals surface area contributed by atoms with Crippen molar-refractivity contribution in [2.45, 2.75) is 13.0 Å². The fraction of sp³-hybridized carbons (Fsp3) is 0.0952. The summed E-state index contributed by atoms with van der Waals surface area (Å²) in [5.74, 6) is -1.24. The molecule has 1 heterocycles. The van der Waals surface area contributed by atoms with Crippen LogP contribution in [0, 0.1) is 5.82 Å². The molecule has 0 aliphatic carbocycles. The topological polar surface area (TPSA) is 71.1 Å². The van der Waals surface area contributed by atoms with E-state index in [9.17, 15) is 14.0 Å². The van der Waals surface area contributed by atoms with Crippen molar-refractivity contribution in [1.82, 2.24) is 10.3 Å². The molecule has 0 fully saturated rings. The zero-order chi connectivity index (χ0) is 19.2. The van der Waals surface area contributed by atoms with E-state index in [1.54, 1.807) is 12.1 Å². The lowest BCUT2D eigenvalue weighted by molar-refractivity contribution is 0.0934. The van der Waals surface area contributed by atoms with Crippen molar-refractivity contribution in [3.05, 3.63) is 95.6 Å². The Labute approximate surface area is 156 Å². The molecule has 136 valence electrons. The van der Waals surface area contributed by atoms with E-state index in [0.717, 1.165) is 5.56 Å². The third-order valence-electron chi connectivity index (χ3n) is 3.96. The van der Waals surface area contributed by atoms with E-state index in [-0.39, 0.29) is 23.3 Å². The van der Waals surface area contributed by atoms with Crippen molar-refractivity contribution in [3.63, 3.8) is 0 Å². The van der Waals surface area contributed by atoms with Crippen LogP contribution in [0.5, 0.6) is 0 Å². The Bertz CT molecular complexity index is 943. The zero-order valence-corrected chi connectivity index (χ0v) is 14.6. The Morgan fingerprint density at radius 2 is 1.48 bits per heavy atom. The number of hydrogen-bond donors (Lipinski definition) is 2. The molecule has 2 aromatic carbocycles. The maximum atomic E-state index is 12.9. The van der Waals surface area contributed by atoms with E-state index in [1.165, 1.54) is 30.3 Å². The average Bonchev–Trinajstić information content (AvgIpc) is 2.70. The van der Waals surface area contributed by atoms with Gasteiger partial charge >= 0.3 is 0 Å². The molecule has 0 saturated carbocycles. The number of anilines is 1. The summed E-state index contributed by atoms with van der Waals surface area (Å²) >= 11 is 0. The molecule has 3 rings (SSSR count). The molecular weight excluding hydrogens is 345 g/mol. The average molecular weight is 363 g/mol. The van der Waals surface area contributed by atoms with Gasteiger partial charge in [-0.25, -0.2) is 9.37 Å². The summed E-state index contributed by atoms with van der Waals surface area (Å²) in [7, 11) is 0. The van der Waals surface area contributed by atoms with Crippen LogP contribution >= 0.6 is 0 Å². The van der Waals surface area contributed by atoms with Gasteiger partial charge < -0.3 is 10.6 Å². The number of nitrogens with zero attached hydrogens (tertiary/aromatic N) is 1. The highest BCUT2D eigenvalue weighted by Gasteiger charge is 2.15. The van der Waals surface area contributed by atoms with Gasteiger partial charge in [0.05, 0.1) is 6.04 Å². The van der Waals surface area contributed by atoms with E-state index >= 15 is 0 Å². The molecule has 0 spiro atoms. The van der Waals surface area contributed by atoms with Gasteiger partial charge in [-0.1, -0.05) is 36.4 Å². The maximum absolute atomic E-state index is 12.9. The smallest absolute Gasteiger partial charge is 0.274 e. The summed E-state index contributed by atoms with van der Waals surface area (Å²) in [4.78, 5) is 28.9. The van der Waals surface area contributed by atoms with E-state index < -0.39 is 11.7 Å². The first kappa shape index (κ1) is 18.3. The van der Waals surface area contributed by atoms with Crippen LogP contribution in [0.4, 0.5) is 10.1 Å². The molecule has 3 aromatic rings. The molecule has 1 atom stereocenters. The van der Waals surface area contributed by atoms with E-state index in [4.69, 9.17) is 0 Å². The van der Waals surface area contributed by atoms with Crippen molar-refractivity contribution >= 4 is 17.5 Å². The predicted octanol–water partition coefficient (Wildman–Crippen LogP) is 3.96. The van der Waals surface area contributed by atoms with Crippen molar-refractivity contribution in [2.75, 3.05) is 5.32 Å². The summed E-state index contributed by atoms with van der Waals surface area (Å²) in [6, 6.07) is 19.4. The van der Waals surface area contributed by atoms with Crippen LogP contribution < -0.4 is 10.6 Å². The minimum atomic E-state index is -0.479. The molecule has 2 amide bonds. The van der Waals surface area contributed by atoms with Gasteiger partial charge in [0.1, 0.15) is 17.2 Å². The number of carbonyl (C=O) groups is 2. The lowest BCUT2D eigenvalue weighted by atomic mass is 10.1. The number of rotatable bonds is 5. The molecule has 2 N–H and O–H groups in total. The second-order valence-electron chi connectivity index (χ2n) is 5.97. The number of aromatic nitrogens is 1. The maximum Gasteiger partial charge on any atom is 0.274 e. The molecule has 0 saturated heterocycles. The van der Waals surface area contributed by atoms with E-state index in [2.05, 4.69) is 15.6 Å². The summed E-state index contributed by atoms with van der Waals surface area (Å²) in [6.45, 7) is 1.87. The quantitative estimate of drug-likeness (QED) is 0.721. The first-order valence-corrected chi connectivity index (χ1v) is 8.43. The van der Waals surface area contributed by atoms with E-state index in [0.29, 0.717) is 5.69 Å². The number of carbonyl (C=O) groups excluding carboxylic acids is 2. The lowest BCUT2D eigenvalue weighted by Crippen LogP contribution is -2.28. The van der Waals surface area contributed by atoms with Gasteiger partial charge in [-0.05, 0) is 48.9 Å². The molecule has 5 nitrogen and oxygen atoms in total. The van der Waals surface area contributed by atoms with Crippen LogP contribution in [0.3, 0.4) is 0 Å². The van der Waals surface area contributed by atoms with Crippen LogP contribution in [0.2, 0.25) is 0 Å². The summed E-state index contributed by atoms with van der Waals surface area (Å²) in [6.07, 6.45) is 0. The number of amides is 2. The fourth-order valence-electron chi connectivity index (χ4n) is 2.51. The number of pyridine rings is 1. The van der Waals surface area contributed by atoms with Crippen molar-refractivity contribution < 1.29 is 14.0 Å². The van der Waals surface area contributed by atoms with Crippen LogP contribution in [-0.4, -0.2) is 16.8 Å². The largest absolute Gasteiger partial charge is 0.344 e. The van der Waals surface area contributed by atoms with Gasteiger partial charge in [-0.3, -0.25) is 9.59 Å². The third-order valence-corrected chi connectivity index (χ3v) is 3.96. The fourth-order valence-corrected chi connectivity index (χ4v) is 2.51. The van der Waals surface area contributed by atoms with Crippen LogP contribution in [0.25, 0.3) is 0 Å². The Kier molecular flexibility index (Phi) is 5.56. The van der Waals surface area contributed by atoms with Gasteiger partial charge in [0.2, 0.25) is 0 Å². The molecule has 6 heteroatoms. The van der Waals surface area contributed by atoms with Gasteiger partial charge in [0.15, 0.2) is 0 Å². The molecule has 0 radical (unpaired) electrons. The second kappa shape index (κ2) is 8.23. The van der Waals surface area contributed by atoms with Gasteiger partial charge in [0.25, 0.3) is 11.8 Å². The Hall–Kier alpha value is -3.54. The standard InChI is InChI=1S/C21H18FN3O2/c1-14(15-6-3-2-4-7-15)23-20(26)18-8-5-9-19(25-18)21(27)24-17-12-10-16(22)11-13-17/h2-14H,1H3,(H,23,26)(H,24,27). The Balaban J connectivity index is 1.69. The summed E-state index contributed by atoms with van der Waals surface area (Å²) in [5, 5.41) is 5.48. The van der Waals surface area contributed by atoms with E-state index in [1.807, 2.05) is 37.3 Å². The predicted molar refractivity (Wildman–Crippen MR) is 101 cm³/mol. The highest BCUT2D eigenvalue weighted by molar-refractivity contribution is 6.03. The molecule has 27 heavy (non-hydrogen) atoms. The highest BCUT2D eigenvalue weighted by atomic mass is 19.1. The SMILES string of the molecule is CC(NC(=O)c1cccc(C(=O)Nc2ccc(F)cc2)n1)c1ccccc1. The number of nitrogens with one attached hydrogen (secondary N) is 2. The second-order valence-corrected chi connectivity index (χ2v) is 5.97. The minimum Gasteiger partial charge on any atom is -0.344 e. The lowest BCUT2D eigenvalue weighted by Gasteiger charge is -2.14. The molecule has 0 aliphatic heterocycles. The van der Waals surface area contributed by atoms with Gasteiger partial charge in [-0.15, -0.1) is 0 Å². The minimum absolute atomic E-state index is 0.0966. The molecule has 0 aliphatic rings. The molecule has 1 unspecified atom stereocenters. The Morgan fingerprint density at radius 1 is 0.852 bits per heavy atom. The van der Waals surface area contributed by atoms with Crippen LogP contribution in [0.1, 0.15) is 39.5 Å². The summed E-state index contributed by atoms with van der Waals surface area (Å²) < 4.78 is 12.9. The highest BCUT2D eigenvalue weighted by Crippen LogP contribution is 2.13. The summed E-state index contributed by atoms with van der Waals surface area (Å²) in [5.41, 5.74) is 1.65. The molecule has 1 aromatic heterocycles. The third kappa shape index (κ3) is 4.76. The zero-order valence-electron chi connectivity index (χ0n) is 14.6. The van der Waals surface area contributed by atoms with Gasteiger partial charge in [-0.2, -0.15) is 0 Å². The van der Waals surface area contributed by atoms with Crippen LogP contribution in [0.15, 0.2) is 72.8 Å². The number of benzene rings is 2. The van der Waals surface area contributed by atoms with Crippen LogP contribution in [-0.2, 0) is 0 Å². The Morgan fingerprint density at radius 3 is 2.15 bits per heavy atom. The number of halogens is 1. The number of hydrogen-bond acceptors (Lipinski definition) is 3. The van der Waals surface area contributed by atoms with Gasteiger partial charge in [0, 0.05) is 5.69 Å². The van der Waals surface area contributed by atoms with Crippen molar-refractivity contribution in [2.24, 2.45) is 0 Å². The monoisotopic (exact) mass is 363 g/mol. The molecule has 0 bridgehead atoms. The first-order chi connectivity index (χ1) is 13.0. The van der Waals surface area contributed by atoms with Crippen molar-refractivity contribution in [3.8, 4) is 0 Å². The molecular formula is C21H18FN3O2.